The van der Waals surface area contributed by atoms with E-state index in [2.05, 4.69) is 0 Å². The first-order valence-electron chi connectivity index (χ1n) is 8.47. The lowest BCUT2D eigenvalue weighted by atomic mass is 9.96. The van der Waals surface area contributed by atoms with Gasteiger partial charge in [0.1, 0.15) is 5.75 Å². The highest BCUT2D eigenvalue weighted by Crippen LogP contribution is 2.64. The van der Waals surface area contributed by atoms with Crippen molar-refractivity contribution in [3.05, 3.63) is 121 Å². The van der Waals surface area contributed by atoms with Gasteiger partial charge in [0.25, 0.3) is 0 Å². The Morgan fingerprint density at radius 2 is 1.19 bits per heavy atom. The summed E-state index contributed by atoms with van der Waals surface area (Å²) in [6.45, 7) is 0. The van der Waals surface area contributed by atoms with Crippen LogP contribution in [-0.2, 0) is 4.57 Å². The normalized spacial score (nSPS) is 16.0. The Kier molecular flexibility index (Phi) is 4.70. The second-order valence-electron chi connectivity index (χ2n) is 6.12. The Hall–Kier alpha value is -2.31. The van der Waals surface area contributed by atoms with Gasteiger partial charge in [0.2, 0.25) is 0 Å². The minimum absolute atomic E-state index is 0.188. The fourth-order valence-electron chi connectivity index (χ4n) is 3.32. The molecule has 1 aliphatic rings. The molecule has 1 aliphatic carbocycles. The van der Waals surface area contributed by atoms with Gasteiger partial charge in [-0.1, -0.05) is 78.9 Å². The molecule has 3 heteroatoms. The molecule has 5 radical (unpaired) electrons. The van der Waals surface area contributed by atoms with E-state index in [1.165, 1.54) is 0 Å². The van der Waals surface area contributed by atoms with Crippen molar-refractivity contribution in [1.29, 1.82) is 0 Å². The maximum Gasteiger partial charge on any atom is 0.151 e. The lowest BCUT2D eigenvalue weighted by Gasteiger charge is -2.29. The number of hydrogen-bond donors (Lipinski definition) is 1. The molecule has 0 atom stereocenters. The first-order chi connectivity index (χ1) is 12.7. The lowest BCUT2D eigenvalue weighted by molar-refractivity contribution is 0.471. The third-order valence-corrected chi connectivity index (χ3v) is 7.69. The molecule has 3 aromatic carbocycles. The van der Waals surface area contributed by atoms with E-state index in [0.717, 1.165) is 22.2 Å². The molecule has 0 amide bonds. The molecular weight excluding hydrogens is 339 g/mol. The average molecular weight is 357 g/mol. The van der Waals surface area contributed by atoms with E-state index in [4.69, 9.17) is 0 Å². The quantitative estimate of drug-likeness (QED) is 0.699. The fourth-order valence-corrected chi connectivity index (χ4v) is 6.19. The Morgan fingerprint density at radius 1 is 0.654 bits per heavy atom. The summed E-state index contributed by atoms with van der Waals surface area (Å²) in [6, 6.07) is 26.3. The number of hydrogen-bond acceptors (Lipinski definition) is 2. The van der Waals surface area contributed by atoms with E-state index in [9.17, 15) is 9.67 Å². The average Bonchev–Trinajstić information content (AvgIpc) is 3.19. The van der Waals surface area contributed by atoms with Gasteiger partial charge in [-0.2, -0.15) is 0 Å². The molecule has 0 heterocycles. The van der Waals surface area contributed by atoms with Gasteiger partial charge >= 0.3 is 0 Å². The molecule has 0 spiro atoms. The van der Waals surface area contributed by atoms with Crippen LogP contribution in [0.5, 0.6) is 5.75 Å². The Morgan fingerprint density at radius 3 is 1.77 bits per heavy atom. The van der Waals surface area contributed by atoms with Crippen molar-refractivity contribution in [2.24, 2.45) is 0 Å². The van der Waals surface area contributed by atoms with Crippen LogP contribution in [0.2, 0.25) is 0 Å². The third kappa shape index (κ3) is 2.89. The van der Waals surface area contributed by atoms with E-state index in [1.807, 2.05) is 92.1 Å². The van der Waals surface area contributed by atoms with E-state index >= 15 is 0 Å². The van der Waals surface area contributed by atoms with Gasteiger partial charge in [-0.15, -0.1) is 0 Å². The molecule has 127 valence electrons. The van der Waals surface area contributed by atoms with Gasteiger partial charge in [-0.05, 0) is 25.3 Å². The van der Waals surface area contributed by atoms with E-state index in [0.29, 0.717) is 5.56 Å². The number of rotatable bonds is 4. The van der Waals surface area contributed by atoms with Crippen molar-refractivity contribution in [3.8, 4) is 5.75 Å². The largest absolute Gasteiger partial charge is 0.508 e. The molecule has 0 saturated heterocycles. The van der Waals surface area contributed by atoms with Gasteiger partial charge in [0.15, 0.2) is 7.14 Å². The maximum absolute atomic E-state index is 14.5. The summed E-state index contributed by atoms with van der Waals surface area (Å²) in [5.74, 6) is 0.992. The van der Waals surface area contributed by atoms with Crippen LogP contribution < -0.4 is 10.6 Å². The van der Waals surface area contributed by atoms with Gasteiger partial charge in [0, 0.05) is 22.1 Å². The number of phenols is 1. The highest BCUT2D eigenvalue weighted by molar-refractivity contribution is 7.81. The molecule has 0 unspecified atom stereocenters. The van der Waals surface area contributed by atoms with Crippen LogP contribution in [0.3, 0.4) is 0 Å². The van der Waals surface area contributed by atoms with Gasteiger partial charge in [-0.3, -0.25) is 0 Å². The lowest BCUT2D eigenvalue weighted by Crippen LogP contribution is -2.23. The zero-order chi connectivity index (χ0) is 18.0. The van der Waals surface area contributed by atoms with Crippen LogP contribution in [0.25, 0.3) is 0 Å². The highest BCUT2D eigenvalue weighted by Gasteiger charge is 2.46. The summed E-state index contributed by atoms with van der Waals surface area (Å²) in [6.07, 6.45) is 5.72. The number of para-hydroxylation sites is 1. The molecule has 1 N–H and O–H groups in total. The van der Waals surface area contributed by atoms with Gasteiger partial charge < -0.3 is 9.67 Å². The summed E-state index contributed by atoms with van der Waals surface area (Å²) in [7, 11) is -3.06. The molecule has 0 bridgehead atoms. The van der Waals surface area contributed by atoms with E-state index < -0.39 is 7.14 Å². The second kappa shape index (κ2) is 7.13. The van der Waals surface area contributed by atoms with Crippen LogP contribution in [0.1, 0.15) is 5.56 Å². The van der Waals surface area contributed by atoms with Crippen LogP contribution in [-0.4, -0.2) is 5.11 Å². The topological polar surface area (TPSA) is 37.3 Å². The van der Waals surface area contributed by atoms with Crippen LogP contribution in [0, 0.1) is 30.8 Å². The SMILES string of the molecule is O=P([C]1[CH][CH][CH][C]1c1ccccc1O)(c1ccccc1)c1ccccc1. The summed E-state index contributed by atoms with van der Waals surface area (Å²) in [4.78, 5) is 0. The number of aromatic hydroxyl groups is 1. The molecular formula is C23H18O2P. The minimum atomic E-state index is -3.06. The molecule has 3 aromatic rings. The number of benzene rings is 3. The Bertz CT molecular complexity index is 878. The summed E-state index contributed by atoms with van der Waals surface area (Å²) < 4.78 is 14.5. The van der Waals surface area contributed by atoms with Crippen LogP contribution in [0.15, 0.2) is 84.9 Å². The van der Waals surface area contributed by atoms with Crippen molar-refractivity contribution in [2.45, 2.75) is 0 Å². The first-order valence-corrected chi connectivity index (χ1v) is 10.2. The van der Waals surface area contributed by atoms with Crippen molar-refractivity contribution >= 4 is 17.8 Å². The third-order valence-electron chi connectivity index (χ3n) is 4.57. The van der Waals surface area contributed by atoms with Crippen LogP contribution in [0.4, 0.5) is 0 Å². The predicted octanol–water partition coefficient (Wildman–Crippen LogP) is 4.49. The van der Waals surface area contributed by atoms with E-state index in [1.54, 1.807) is 12.1 Å². The summed E-state index contributed by atoms with van der Waals surface area (Å²) in [5, 5.41) is 11.9. The monoisotopic (exact) mass is 357 g/mol. The highest BCUT2D eigenvalue weighted by atomic mass is 31.2. The maximum atomic E-state index is 14.5. The fraction of sp³-hybridized carbons (Fsp3) is 0. The summed E-state index contributed by atoms with van der Waals surface area (Å²) in [5.41, 5.74) is 1.44. The minimum Gasteiger partial charge on any atom is -0.508 e. The molecule has 1 fully saturated rings. The standard InChI is InChI=1S/C23H18O2P/c24-22-16-8-7-14-20(22)21-15-9-17-23(21)26(25,18-10-3-1-4-11-18)19-12-5-2-6-13-19/h1-17,24H. The second-order valence-corrected chi connectivity index (χ2v) is 8.86. The molecule has 0 aliphatic heterocycles. The molecule has 1 saturated carbocycles. The predicted molar refractivity (Wildman–Crippen MR) is 106 cm³/mol. The Balaban J connectivity index is 1.87. The molecule has 26 heavy (non-hydrogen) atoms. The molecule has 0 aromatic heterocycles. The molecule has 2 nitrogen and oxygen atoms in total. The van der Waals surface area contributed by atoms with Crippen molar-refractivity contribution in [1.82, 2.24) is 0 Å². The zero-order valence-corrected chi connectivity index (χ0v) is 15.0. The van der Waals surface area contributed by atoms with Crippen LogP contribution >= 0.6 is 7.14 Å². The van der Waals surface area contributed by atoms with Crippen molar-refractivity contribution < 1.29 is 9.67 Å². The first kappa shape index (κ1) is 17.1. The van der Waals surface area contributed by atoms with Gasteiger partial charge in [0.05, 0.1) is 5.66 Å². The molecule has 4 rings (SSSR count). The number of phenolic OH excluding ortho intramolecular Hbond substituents is 1. The van der Waals surface area contributed by atoms with Gasteiger partial charge in [-0.25, -0.2) is 0 Å². The zero-order valence-electron chi connectivity index (χ0n) is 14.1. The summed E-state index contributed by atoms with van der Waals surface area (Å²) >= 11 is 0. The Labute approximate surface area is 154 Å². The van der Waals surface area contributed by atoms with Crippen molar-refractivity contribution in [2.75, 3.05) is 0 Å². The smallest absolute Gasteiger partial charge is 0.151 e. The van der Waals surface area contributed by atoms with E-state index in [-0.39, 0.29) is 5.75 Å². The van der Waals surface area contributed by atoms with Crippen molar-refractivity contribution in [3.63, 3.8) is 0 Å².